The van der Waals surface area contributed by atoms with Crippen LogP contribution in [0, 0.1) is 11.3 Å². The minimum Gasteiger partial charge on any atom is -0.461 e. The Hall–Kier alpha value is -1.79. The topological polar surface area (TPSA) is 40.2 Å². The molecule has 80 valence electrons. The van der Waals surface area contributed by atoms with Gasteiger partial charge in [0.25, 0.3) is 0 Å². The third-order valence-electron chi connectivity index (χ3n) is 3.15. The van der Waals surface area contributed by atoms with Gasteiger partial charge in [0.05, 0.1) is 11.6 Å². The lowest BCUT2D eigenvalue weighted by atomic mass is 10.0. The molecule has 3 nitrogen and oxygen atoms in total. The summed E-state index contributed by atoms with van der Waals surface area (Å²) in [6.07, 6.45) is 0.961. The summed E-state index contributed by atoms with van der Waals surface area (Å²) in [4.78, 5) is 2.27. The molecule has 0 atom stereocenters. The Labute approximate surface area is 93.9 Å². The van der Waals surface area contributed by atoms with Crippen molar-refractivity contribution in [1.82, 2.24) is 4.90 Å². The van der Waals surface area contributed by atoms with Crippen molar-refractivity contribution < 1.29 is 4.42 Å². The number of likely N-dealkylation sites (N-methyl/N-ethyl adjacent to an activating group) is 1. The highest BCUT2D eigenvalue weighted by molar-refractivity contribution is 5.83. The van der Waals surface area contributed by atoms with Gasteiger partial charge in [0.15, 0.2) is 0 Å². The lowest BCUT2D eigenvalue weighted by molar-refractivity contribution is 0.296. The van der Waals surface area contributed by atoms with Crippen molar-refractivity contribution in [3.8, 4) is 6.07 Å². The second-order valence-electron chi connectivity index (χ2n) is 4.31. The van der Waals surface area contributed by atoms with Crippen LogP contribution in [0.5, 0.6) is 0 Å². The molecular weight excluding hydrogens is 200 g/mol. The molecule has 0 amide bonds. The summed E-state index contributed by atoms with van der Waals surface area (Å²) in [5.41, 5.74) is 2.85. The monoisotopic (exact) mass is 212 g/mol. The van der Waals surface area contributed by atoms with Crippen LogP contribution in [0.4, 0.5) is 0 Å². The van der Waals surface area contributed by atoms with E-state index in [0.717, 1.165) is 36.2 Å². The van der Waals surface area contributed by atoms with E-state index in [2.05, 4.69) is 18.0 Å². The molecule has 2 aromatic rings. The van der Waals surface area contributed by atoms with E-state index in [4.69, 9.17) is 9.68 Å². The molecule has 1 aliphatic heterocycles. The highest BCUT2D eigenvalue weighted by Gasteiger charge is 2.20. The van der Waals surface area contributed by atoms with Crippen LogP contribution in [0.3, 0.4) is 0 Å². The lowest BCUT2D eigenvalue weighted by Crippen LogP contribution is -2.25. The molecule has 16 heavy (non-hydrogen) atoms. The van der Waals surface area contributed by atoms with Crippen LogP contribution in [0.25, 0.3) is 11.0 Å². The number of fused-ring (bicyclic) bond motifs is 3. The first-order chi connectivity index (χ1) is 7.78. The molecule has 0 bridgehead atoms. The third kappa shape index (κ3) is 1.31. The third-order valence-corrected chi connectivity index (χ3v) is 3.15. The minimum absolute atomic E-state index is 0.698. The van der Waals surface area contributed by atoms with Gasteiger partial charge in [-0.25, -0.2) is 0 Å². The number of furan rings is 1. The molecule has 2 heterocycles. The molecule has 3 heteroatoms. The lowest BCUT2D eigenvalue weighted by Gasteiger charge is -2.21. The molecule has 0 fully saturated rings. The zero-order valence-electron chi connectivity index (χ0n) is 9.16. The maximum Gasteiger partial charge on any atom is 0.134 e. The van der Waals surface area contributed by atoms with E-state index in [1.165, 1.54) is 5.56 Å². The van der Waals surface area contributed by atoms with Gasteiger partial charge in [-0.3, -0.25) is 0 Å². The summed E-state index contributed by atoms with van der Waals surface area (Å²) < 4.78 is 5.80. The van der Waals surface area contributed by atoms with Crippen molar-refractivity contribution in [2.24, 2.45) is 0 Å². The molecule has 1 aromatic carbocycles. The fourth-order valence-corrected chi connectivity index (χ4v) is 2.29. The number of rotatable bonds is 0. The molecule has 0 radical (unpaired) electrons. The largest absolute Gasteiger partial charge is 0.461 e. The van der Waals surface area contributed by atoms with E-state index in [1.54, 1.807) is 6.07 Å². The van der Waals surface area contributed by atoms with E-state index in [9.17, 15) is 0 Å². The number of nitrogens with zero attached hydrogens (tertiary/aromatic N) is 2. The van der Waals surface area contributed by atoms with Crippen molar-refractivity contribution in [2.45, 2.75) is 13.0 Å². The van der Waals surface area contributed by atoms with Crippen molar-refractivity contribution in [1.29, 1.82) is 5.26 Å². The van der Waals surface area contributed by atoms with Crippen LogP contribution in [0.15, 0.2) is 22.6 Å². The second kappa shape index (κ2) is 3.36. The smallest absolute Gasteiger partial charge is 0.134 e. The number of benzene rings is 1. The highest BCUT2D eigenvalue weighted by Crippen LogP contribution is 2.30. The number of hydrogen-bond donors (Lipinski definition) is 0. The molecule has 0 unspecified atom stereocenters. The van der Waals surface area contributed by atoms with Crippen molar-refractivity contribution in [3.63, 3.8) is 0 Å². The Morgan fingerprint density at radius 2 is 2.31 bits per heavy atom. The van der Waals surface area contributed by atoms with Gasteiger partial charge in [0.2, 0.25) is 0 Å². The van der Waals surface area contributed by atoms with E-state index in [-0.39, 0.29) is 0 Å². The first-order valence-corrected chi connectivity index (χ1v) is 5.41. The van der Waals surface area contributed by atoms with Gasteiger partial charge in [-0.05, 0) is 25.2 Å². The zero-order valence-corrected chi connectivity index (χ0v) is 9.16. The standard InChI is InChI=1S/C13H12N2O/c1-15-5-4-13-11(8-15)10-6-9(7-14)2-3-12(10)16-13/h2-3,6H,4-5,8H2,1H3. The van der Waals surface area contributed by atoms with E-state index < -0.39 is 0 Å². The van der Waals surface area contributed by atoms with Gasteiger partial charge in [-0.1, -0.05) is 0 Å². The summed E-state index contributed by atoms with van der Waals surface area (Å²) in [7, 11) is 2.11. The normalized spacial score (nSPS) is 16.0. The van der Waals surface area contributed by atoms with Gasteiger partial charge in [-0.15, -0.1) is 0 Å². The number of hydrogen-bond acceptors (Lipinski definition) is 3. The summed E-state index contributed by atoms with van der Waals surface area (Å²) in [5, 5.41) is 10.00. The number of nitriles is 1. The molecule has 0 saturated carbocycles. The van der Waals surface area contributed by atoms with Crippen LogP contribution >= 0.6 is 0 Å². The molecule has 0 spiro atoms. The average molecular weight is 212 g/mol. The van der Waals surface area contributed by atoms with Gasteiger partial charge in [-0.2, -0.15) is 5.26 Å². The summed E-state index contributed by atoms with van der Waals surface area (Å²) in [6.45, 7) is 1.95. The minimum atomic E-state index is 0.698. The second-order valence-corrected chi connectivity index (χ2v) is 4.31. The van der Waals surface area contributed by atoms with E-state index in [0.29, 0.717) is 5.56 Å². The molecule has 3 rings (SSSR count). The van der Waals surface area contributed by atoms with Gasteiger partial charge < -0.3 is 9.32 Å². The Morgan fingerprint density at radius 3 is 3.12 bits per heavy atom. The predicted molar refractivity (Wildman–Crippen MR) is 61.0 cm³/mol. The molecule has 0 N–H and O–H groups in total. The van der Waals surface area contributed by atoms with Gasteiger partial charge >= 0.3 is 0 Å². The van der Waals surface area contributed by atoms with Gasteiger partial charge in [0.1, 0.15) is 11.3 Å². The Balaban J connectivity index is 2.25. The van der Waals surface area contributed by atoms with Gasteiger partial charge in [0, 0.05) is 30.5 Å². The fourth-order valence-electron chi connectivity index (χ4n) is 2.29. The van der Waals surface area contributed by atoms with Crippen LogP contribution in [0.1, 0.15) is 16.9 Å². The van der Waals surface area contributed by atoms with E-state index in [1.807, 2.05) is 12.1 Å². The Bertz CT molecular complexity index is 592. The summed E-state index contributed by atoms with van der Waals surface area (Å²) >= 11 is 0. The fraction of sp³-hybridized carbons (Fsp3) is 0.308. The van der Waals surface area contributed by atoms with E-state index >= 15 is 0 Å². The van der Waals surface area contributed by atoms with Crippen LogP contribution in [0.2, 0.25) is 0 Å². The first-order valence-electron chi connectivity index (χ1n) is 5.41. The zero-order chi connectivity index (χ0) is 11.1. The van der Waals surface area contributed by atoms with Crippen LogP contribution in [-0.4, -0.2) is 18.5 Å². The maximum atomic E-state index is 8.90. The van der Waals surface area contributed by atoms with Crippen molar-refractivity contribution >= 4 is 11.0 Å². The molecular formula is C13H12N2O. The Kier molecular flexibility index (Phi) is 1.98. The summed E-state index contributed by atoms with van der Waals surface area (Å²) in [6, 6.07) is 7.80. The molecule has 1 aliphatic rings. The SMILES string of the molecule is CN1CCc2oc3ccc(C#N)cc3c2C1. The highest BCUT2D eigenvalue weighted by atomic mass is 16.3. The first kappa shape index (κ1) is 9.44. The molecule has 0 saturated heterocycles. The molecule has 1 aromatic heterocycles. The van der Waals surface area contributed by atoms with Crippen molar-refractivity contribution in [2.75, 3.05) is 13.6 Å². The molecule has 0 aliphatic carbocycles. The average Bonchev–Trinajstić information content (AvgIpc) is 2.66. The predicted octanol–water partition coefficient (Wildman–Crippen LogP) is 2.29. The van der Waals surface area contributed by atoms with Crippen molar-refractivity contribution in [3.05, 3.63) is 35.1 Å². The summed E-state index contributed by atoms with van der Waals surface area (Å²) in [5.74, 6) is 1.09. The van der Waals surface area contributed by atoms with Crippen LogP contribution < -0.4 is 0 Å². The quantitative estimate of drug-likeness (QED) is 0.672. The van der Waals surface area contributed by atoms with Crippen LogP contribution in [-0.2, 0) is 13.0 Å². The maximum absolute atomic E-state index is 8.90. The Morgan fingerprint density at radius 1 is 1.44 bits per heavy atom.